The minimum atomic E-state index is -1.04. The van der Waals surface area contributed by atoms with Gasteiger partial charge in [-0.15, -0.1) is 0 Å². The molecule has 0 bridgehead atoms. The van der Waals surface area contributed by atoms with Gasteiger partial charge in [-0.2, -0.15) is 0 Å². The zero-order chi connectivity index (χ0) is 18.1. The average molecular weight is 371 g/mol. The van der Waals surface area contributed by atoms with Crippen LogP contribution in [0.25, 0.3) is 0 Å². The lowest BCUT2D eigenvalue weighted by Crippen LogP contribution is -2.30. The lowest BCUT2D eigenvalue weighted by molar-refractivity contribution is 0.0735. The SMILES string of the molecule is C[S@@](=O)c1ccc(C(=O)N2CCC[C@@H]2c2ccc3c(c2)OCCO3)cc1. The first-order valence-corrected chi connectivity index (χ1v) is 10.3. The Morgan fingerprint density at radius 1 is 1.08 bits per heavy atom. The maximum atomic E-state index is 13.0. The van der Waals surface area contributed by atoms with Crippen LogP contribution in [-0.2, 0) is 10.8 Å². The molecule has 2 aromatic carbocycles. The molecule has 4 rings (SSSR count). The molecule has 2 heterocycles. The molecule has 0 unspecified atom stereocenters. The van der Waals surface area contributed by atoms with Crippen LogP contribution in [0, 0.1) is 0 Å². The molecule has 6 heteroatoms. The summed E-state index contributed by atoms with van der Waals surface area (Å²) in [5.74, 6) is 1.53. The molecule has 0 spiro atoms. The minimum absolute atomic E-state index is 0.0100. The molecule has 2 aromatic rings. The third-order valence-corrected chi connectivity index (χ3v) is 5.83. The quantitative estimate of drug-likeness (QED) is 0.832. The number of hydrogen-bond acceptors (Lipinski definition) is 4. The van der Waals surface area contributed by atoms with Crippen LogP contribution in [0.2, 0.25) is 0 Å². The van der Waals surface area contributed by atoms with E-state index in [2.05, 4.69) is 0 Å². The zero-order valence-electron chi connectivity index (χ0n) is 14.6. The van der Waals surface area contributed by atoms with Gasteiger partial charge in [0.2, 0.25) is 0 Å². The smallest absolute Gasteiger partial charge is 0.254 e. The fourth-order valence-electron chi connectivity index (χ4n) is 3.58. The molecule has 2 aliphatic heterocycles. The summed E-state index contributed by atoms with van der Waals surface area (Å²) in [5.41, 5.74) is 1.70. The maximum Gasteiger partial charge on any atom is 0.254 e. The Morgan fingerprint density at radius 2 is 1.81 bits per heavy atom. The number of amides is 1. The monoisotopic (exact) mass is 371 g/mol. The molecule has 1 saturated heterocycles. The Hall–Kier alpha value is -2.34. The van der Waals surface area contributed by atoms with E-state index < -0.39 is 10.8 Å². The number of benzene rings is 2. The van der Waals surface area contributed by atoms with Crippen molar-refractivity contribution in [2.24, 2.45) is 0 Å². The molecule has 2 aliphatic rings. The van der Waals surface area contributed by atoms with E-state index in [0.29, 0.717) is 18.8 Å². The Morgan fingerprint density at radius 3 is 2.54 bits per heavy atom. The van der Waals surface area contributed by atoms with Gasteiger partial charge >= 0.3 is 0 Å². The fraction of sp³-hybridized carbons (Fsp3) is 0.350. The number of hydrogen-bond donors (Lipinski definition) is 0. The van der Waals surface area contributed by atoms with E-state index in [1.807, 2.05) is 23.1 Å². The van der Waals surface area contributed by atoms with E-state index in [9.17, 15) is 9.00 Å². The molecule has 0 radical (unpaired) electrons. The minimum Gasteiger partial charge on any atom is -0.486 e. The number of fused-ring (bicyclic) bond motifs is 1. The van der Waals surface area contributed by atoms with Gasteiger partial charge in [0.1, 0.15) is 13.2 Å². The number of ether oxygens (including phenoxy) is 2. The summed E-state index contributed by atoms with van der Waals surface area (Å²) in [4.78, 5) is 15.6. The number of nitrogens with zero attached hydrogens (tertiary/aromatic N) is 1. The summed E-state index contributed by atoms with van der Waals surface area (Å²) < 4.78 is 22.8. The van der Waals surface area contributed by atoms with Crippen molar-refractivity contribution in [3.8, 4) is 11.5 Å². The first-order valence-electron chi connectivity index (χ1n) is 8.77. The van der Waals surface area contributed by atoms with Crippen LogP contribution < -0.4 is 9.47 Å². The first kappa shape index (κ1) is 17.1. The van der Waals surface area contributed by atoms with Gasteiger partial charge in [-0.3, -0.25) is 9.00 Å². The van der Waals surface area contributed by atoms with Crippen molar-refractivity contribution in [1.82, 2.24) is 4.90 Å². The Labute approximate surface area is 155 Å². The largest absolute Gasteiger partial charge is 0.486 e. The van der Waals surface area contributed by atoms with Gasteiger partial charge in [0, 0.05) is 34.1 Å². The first-order chi connectivity index (χ1) is 12.6. The highest BCUT2D eigenvalue weighted by molar-refractivity contribution is 7.84. The molecule has 2 atom stereocenters. The van der Waals surface area contributed by atoms with Gasteiger partial charge in [0.05, 0.1) is 6.04 Å². The van der Waals surface area contributed by atoms with Crippen molar-refractivity contribution in [3.63, 3.8) is 0 Å². The molecule has 0 aliphatic carbocycles. The molecule has 0 saturated carbocycles. The second-order valence-corrected chi connectivity index (χ2v) is 7.92. The van der Waals surface area contributed by atoms with Crippen molar-refractivity contribution in [2.75, 3.05) is 26.0 Å². The lowest BCUT2D eigenvalue weighted by atomic mass is 10.0. The highest BCUT2D eigenvalue weighted by Gasteiger charge is 2.31. The molecule has 1 fully saturated rings. The molecule has 0 aromatic heterocycles. The van der Waals surface area contributed by atoms with Crippen molar-refractivity contribution in [3.05, 3.63) is 53.6 Å². The predicted molar refractivity (Wildman–Crippen MR) is 99.2 cm³/mol. The fourth-order valence-corrected chi connectivity index (χ4v) is 4.10. The van der Waals surface area contributed by atoms with E-state index in [1.54, 1.807) is 30.5 Å². The second-order valence-electron chi connectivity index (χ2n) is 6.54. The summed E-state index contributed by atoms with van der Waals surface area (Å²) in [5, 5.41) is 0. The van der Waals surface area contributed by atoms with Crippen LogP contribution in [0.1, 0.15) is 34.8 Å². The maximum absolute atomic E-state index is 13.0. The van der Waals surface area contributed by atoms with Gasteiger partial charge in [-0.25, -0.2) is 0 Å². The number of rotatable bonds is 3. The molecule has 26 heavy (non-hydrogen) atoms. The highest BCUT2D eigenvalue weighted by atomic mass is 32.2. The topological polar surface area (TPSA) is 55.8 Å². The molecular weight excluding hydrogens is 350 g/mol. The predicted octanol–water partition coefficient (Wildman–Crippen LogP) is 3.17. The van der Waals surface area contributed by atoms with Gasteiger partial charge in [0.15, 0.2) is 11.5 Å². The van der Waals surface area contributed by atoms with E-state index in [1.165, 1.54) is 0 Å². The Kier molecular flexibility index (Phi) is 4.68. The average Bonchev–Trinajstić information content (AvgIpc) is 3.17. The summed E-state index contributed by atoms with van der Waals surface area (Å²) in [6.07, 6.45) is 3.54. The van der Waals surface area contributed by atoms with Crippen molar-refractivity contribution < 1.29 is 18.5 Å². The third kappa shape index (κ3) is 3.21. The highest BCUT2D eigenvalue weighted by Crippen LogP contribution is 2.38. The van der Waals surface area contributed by atoms with Crippen molar-refractivity contribution in [2.45, 2.75) is 23.8 Å². The van der Waals surface area contributed by atoms with Gasteiger partial charge in [-0.1, -0.05) is 6.07 Å². The summed E-state index contributed by atoms with van der Waals surface area (Å²) in [6.45, 7) is 1.85. The van der Waals surface area contributed by atoms with Crippen molar-refractivity contribution >= 4 is 16.7 Å². The second kappa shape index (κ2) is 7.11. The molecule has 0 N–H and O–H groups in total. The van der Waals surface area contributed by atoms with Crippen LogP contribution in [-0.4, -0.2) is 41.0 Å². The number of likely N-dealkylation sites (tertiary alicyclic amines) is 1. The van der Waals surface area contributed by atoms with Gasteiger partial charge in [0.25, 0.3) is 5.91 Å². The van der Waals surface area contributed by atoms with Gasteiger partial charge < -0.3 is 14.4 Å². The molecular formula is C20H21NO4S. The Bertz CT molecular complexity index is 849. The third-order valence-electron chi connectivity index (χ3n) is 4.90. The standard InChI is InChI=1S/C20H21NO4S/c1-26(23)16-7-4-14(5-8-16)20(22)21-10-2-3-17(21)15-6-9-18-19(13-15)25-12-11-24-18/h4-9,13,17H,2-3,10-12H2,1H3/t17-,26-/m1/s1. The van der Waals surface area contributed by atoms with E-state index in [-0.39, 0.29) is 11.9 Å². The van der Waals surface area contributed by atoms with Crippen molar-refractivity contribution in [1.29, 1.82) is 0 Å². The number of carbonyl (C=O) groups excluding carboxylic acids is 1. The summed E-state index contributed by atoms with van der Waals surface area (Å²) in [6, 6.07) is 13.0. The van der Waals surface area contributed by atoms with E-state index in [4.69, 9.17) is 9.47 Å². The van der Waals surface area contributed by atoms with Crippen LogP contribution in [0.5, 0.6) is 11.5 Å². The van der Waals surface area contributed by atoms with Crippen LogP contribution in [0.3, 0.4) is 0 Å². The van der Waals surface area contributed by atoms with E-state index in [0.717, 1.165) is 41.3 Å². The normalized spacial score (nSPS) is 20.0. The van der Waals surface area contributed by atoms with E-state index >= 15 is 0 Å². The molecule has 5 nitrogen and oxygen atoms in total. The van der Waals surface area contributed by atoms with Crippen LogP contribution >= 0.6 is 0 Å². The molecule has 136 valence electrons. The lowest BCUT2D eigenvalue weighted by Gasteiger charge is -2.27. The van der Waals surface area contributed by atoms with Crippen LogP contribution in [0.4, 0.5) is 0 Å². The molecule has 1 amide bonds. The zero-order valence-corrected chi connectivity index (χ0v) is 15.5. The summed E-state index contributed by atoms with van der Waals surface area (Å²) >= 11 is 0. The Balaban J connectivity index is 1.58. The number of carbonyl (C=O) groups is 1. The van der Waals surface area contributed by atoms with Gasteiger partial charge in [-0.05, 0) is 54.8 Å². The summed E-state index contributed by atoms with van der Waals surface area (Å²) in [7, 11) is -1.04. The van der Waals surface area contributed by atoms with Crippen LogP contribution in [0.15, 0.2) is 47.4 Å².